The normalized spacial score (nSPS) is 14.5. The van der Waals surface area contributed by atoms with Gasteiger partial charge in [0.15, 0.2) is 0 Å². The lowest BCUT2D eigenvalue weighted by Gasteiger charge is -2.32. The van der Waals surface area contributed by atoms with Crippen LogP contribution in [0.5, 0.6) is 0 Å². The van der Waals surface area contributed by atoms with Crippen molar-refractivity contribution in [2.24, 2.45) is 0 Å². The third-order valence-corrected chi connectivity index (χ3v) is 5.02. The summed E-state index contributed by atoms with van der Waals surface area (Å²) in [5, 5.41) is 2.91. The van der Waals surface area contributed by atoms with Crippen molar-refractivity contribution in [2.75, 3.05) is 44.6 Å². The van der Waals surface area contributed by atoms with Gasteiger partial charge in [-0.2, -0.15) is 0 Å². The van der Waals surface area contributed by atoms with Gasteiger partial charge in [-0.25, -0.2) is 9.59 Å². The fraction of sp³-hybridized carbons (Fsp3) is 0.364. The number of esters is 1. The first-order valence-electron chi connectivity index (χ1n) is 9.86. The Labute approximate surface area is 166 Å². The van der Waals surface area contributed by atoms with E-state index in [1.807, 2.05) is 11.0 Å². The molecular formula is C22H28N3O3+. The lowest BCUT2D eigenvalue weighted by atomic mass is 10.1. The summed E-state index contributed by atoms with van der Waals surface area (Å²) in [7, 11) is 0. The van der Waals surface area contributed by atoms with Gasteiger partial charge in [-0.05, 0) is 36.8 Å². The molecular weight excluding hydrogens is 354 g/mol. The van der Waals surface area contributed by atoms with Crippen LogP contribution in [0.1, 0.15) is 22.8 Å². The van der Waals surface area contributed by atoms with Gasteiger partial charge in [0.2, 0.25) is 0 Å². The van der Waals surface area contributed by atoms with Crippen molar-refractivity contribution in [1.29, 1.82) is 0 Å². The lowest BCUT2D eigenvalue weighted by Crippen LogP contribution is -3.15. The van der Waals surface area contributed by atoms with Crippen LogP contribution in [0.15, 0.2) is 54.6 Å². The monoisotopic (exact) mass is 382 g/mol. The highest BCUT2D eigenvalue weighted by atomic mass is 16.5. The Bertz CT molecular complexity index is 769. The van der Waals surface area contributed by atoms with E-state index in [9.17, 15) is 9.59 Å². The van der Waals surface area contributed by atoms with Crippen LogP contribution in [0.4, 0.5) is 10.5 Å². The molecule has 1 fully saturated rings. The number of quaternary nitrogens is 1. The van der Waals surface area contributed by atoms with Crippen molar-refractivity contribution in [2.45, 2.75) is 13.3 Å². The standard InChI is InChI=1S/C22H27N3O3/c1-2-28-21(26)19-8-10-20(11-9-19)23-22(27)25-16-14-24(15-17-25)13-12-18-6-4-3-5-7-18/h3-11H,2,12-17H2,1H3,(H,23,27)/p+1. The Kier molecular flexibility index (Phi) is 7.03. The third-order valence-electron chi connectivity index (χ3n) is 5.02. The van der Waals surface area contributed by atoms with Crippen molar-refractivity contribution < 1.29 is 19.2 Å². The molecule has 2 aromatic rings. The van der Waals surface area contributed by atoms with Crippen molar-refractivity contribution in [3.8, 4) is 0 Å². The summed E-state index contributed by atoms with van der Waals surface area (Å²) in [6.07, 6.45) is 1.06. The van der Waals surface area contributed by atoms with E-state index >= 15 is 0 Å². The van der Waals surface area contributed by atoms with Crippen molar-refractivity contribution in [3.63, 3.8) is 0 Å². The van der Waals surface area contributed by atoms with Crippen LogP contribution in [0, 0.1) is 0 Å². The van der Waals surface area contributed by atoms with E-state index < -0.39 is 0 Å². The Morgan fingerprint density at radius 2 is 1.71 bits per heavy atom. The van der Waals surface area contributed by atoms with Crippen molar-refractivity contribution >= 4 is 17.7 Å². The number of benzene rings is 2. The summed E-state index contributed by atoms with van der Waals surface area (Å²) in [5.41, 5.74) is 2.52. The van der Waals surface area contributed by atoms with Gasteiger partial charge in [0.25, 0.3) is 0 Å². The molecule has 28 heavy (non-hydrogen) atoms. The zero-order valence-corrected chi connectivity index (χ0v) is 16.3. The number of hydrogen-bond acceptors (Lipinski definition) is 3. The number of anilines is 1. The van der Waals surface area contributed by atoms with E-state index in [0.717, 1.165) is 39.1 Å². The van der Waals surface area contributed by atoms with Gasteiger partial charge in [0.05, 0.1) is 44.9 Å². The van der Waals surface area contributed by atoms with E-state index in [-0.39, 0.29) is 12.0 Å². The van der Waals surface area contributed by atoms with Gasteiger partial charge in [-0.3, -0.25) is 0 Å². The minimum absolute atomic E-state index is 0.0917. The van der Waals surface area contributed by atoms with E-state index in [0.29, 0.717) is 17.9 Å². The number of rotatable bonds is 6. The molecule has 1 aliphatic rings. The topological polar surface area (TPSA) is 63.1 Å². The Balaban J connectivity index is 1.43. The highest BCUT2D eigenvalue weighted by Gasteiger charge is 2.23. The van der Waals surface area contributed by atoms with Crippen LogP contribution >= 0.6 is 0 Å². The summed E-state index contributed by atoms with van der Waals surface area (Å²) in [4.78, 5) is 27.6. The Hall–Kier alpha value is -2.86. The minimum atomic E-state index is -0.352. The summed E-state index contributed by atoms with van der Waals surface area (Å²) >= 11 is 0. The Morgan fingerprint density at radius 3 is 2.36 bits per heavy atom. The zero-order chi connectivity index (χ0) is 19.8. The van der Waals surface area contributed by atoms with Crippen LogP contribution in [0.2, 0.25) is 0 Å². The number of carbonyl (C=O) groups excluding carboxylic acids is 2. The second-order valence-corrected chi connectivity index (χ2v) is 6.95. The fourth-order valence-electron chi connectivity index (χ4n) is 3.35. The number of amides is 2. The molecule has 0 aliphatic carbocycles. The average Bonchev–Trinajstić information content (AvgIpc) is 2.74. The van der Waals surface area contributed by atoms with Crippen molar-refractivity contribution in [3.05, 3.63) is 65.7 Å². The van der Waals surface area contributed by atoms with Crippen LogP contribution < -0.4 is 10.2 Å². The number of piperazine rings is 1. The number of nitrogens with one attached hydrogen (secondary N) is 2. The maximum absolute atomic E-state index is 12.5. The summed E-state index contributed by atoms with van der Waals surface area (Å²) < 4.78 is 4.97. The molecule has 0 aromatic heterocycles. The molecule has 0 unspecified atom stereocenters. The number of urea groups is 1. The minimum Gasteiger partial charge on any atom is -0.462 e. The van der Waals surface area contributed by atoms with E-state index in [1.165, 1.54) is 10.5 Å². The first kappa shape index (κ1) is 19.9. The molecule has 0 saturated carbocycles. The average molecular weight is 382 g/mol. The van der Waals surface area contributed by atoms with E-state index in [4.69, 9.17) is 4.74 Å². The van der Waals surface area contributed by atoms with Crippen LogP contribution in [0.3, 0.4) is 0 Å². The number of hydrogen-bond donors (Lipinski definition) is 2. The quantitative estimate of drug-likeness (QED) is 0.750. The zero-order valence-electron chi connectivity index (χ0n) is 16.3. The SMILES string of the molecule is CCOC(=O)c1ccc(NC(=O)N2CC[NH+](CCc3ccccc3)CC2)cc1. The molecule has 0 spiro atoms. The molecule has 2 amide bonds. The molecule has 0 bridgehead atoms. The largest absolute Gasteiger partial charge is 0.462 e. The molecule has 6 nitrogen and oxygen atoms in total. The van der Waals surface area contributed by atoms with Crippen LogP contribution in [0.25, 0.3) is 0 Å². The second kappa shape index (κ2) is 9.90. The molecule has 6 heteroatoms. The third kappa shape index (κ3) is 5.57. The van der Waals surface area contributed by atoms with Crippen molar-refractivity contribution in [1.82, 2.24) is 4.90 Å². The molecule has 0 atom stereocenters. The van der Waals surface area contributed by atoms with Crippen LogP contribution in [-0.4, -0.2) is 56.2 Å². The lowest BCUT2D eigenvalue weighted by molar-refractivity contribution is -0.903. The fourth-order valence-corrected chi connectivity index (χ4v) is 3.35. The molecule has 148 valence electrons. The first-order chi connectivity index (χ1) is 13.7. The van der Waals surface area contributed by atoms with E-state index in [1.54, 1.807) is 31.2 Å². The highest BCUT2D eigenvalue weighted by Crippen LogP contribution is 2.11. The Morgan fingerprint density at radius 1 is 1.04 bits per heavy atom. The number of ether oxygens (including phenoxy) is 1. The molecule has 2 N–H and O–H groups in total. The first-order valence-corrected chi connectivity index (χ1v) is 9.86. The number of nitrogens with zero attached hydrogens (tertiary/aromatic N) is 1. The van der Waals surface area contributed by atoms with Gasteiger partial charge in [0, 0.05) is 12.1 Å². The van der Waals surface area contributed by atoms with Gasteiger partial charge < -0.3 is 19.9 Å². The van der Waals surface area contributed by atoms with E-state index in [2.05, 4.69) is 29.6 Å². The maximum Gasteiger partial charge on any atom is 0.338 e. The predicted octanol–water partition coefficient (Wildman–Crippen LogP) is 1.84. The molecule has 1 aliphatic heterocycles. The summed E-state index contributed by atoms with van der Waals surface area (Å²) in [5.74, 6) is -0.352. The predicted molar refractivity (Wildman–Crippen MR) is 109 cm³/mol. The van der Waals surface area contributed by atoms with Gasteiger partial charge >= 0.3 is 12.0 Å². The number of carbonyl (C=O) groups is 2. The highest BCUT2D eigenvalue weighted by molar-refractivity contribution is 5.92. The van der Waals surface area contributed by atoms with Gasteiger partial charge in [0.1, 0.15) is 0 Å². The van der Waals surface area contributed by atoms with Crippen LogP contribution in [-0.2, 0) is 11.2 Å². The summed E-state index contributed by atoms with van der Waals surface area (Å²) in [6, 6.07) is 17.2. The van der Waals surface area contributed by atoms with Gasteiger partial charge in [-0.1, -0.05) is 30.3 Å². The molecule has 2 aromatic carbocycles. The molecule has 1 heterocycles. The molecule has 0 radical (unpaired) electrons. The summed E-state index contributed by atoms with van der Waals surface area (Å²) in [6.45, 7) is 6.62. The van der Waals surface area contributed by atoms with Gasteiger partial charge in [-0.15, -0.1) is 0 Å². The second-order valence-electron chi connectivity index (χ2n) is 6.95. The molecule has 1 saturated heterocycles. The molecule has 3 rings (SSSR count). The maximum atomic E-state index is 12.5. The smallest absolute Gasteiger partial charge is 0.338 e.